The van der Waals surface area contributed by atoms with Crippen LogP contribution in [0.1, 0.15) is 11.1 Å². The molecule has 2 aliphatic heterocycles. The second kappa shape index (κ2) is 8.79. The first kappa shape index (κ1) is 20.3. The molecule has 2 aliphatic rings. The monoisotopic (exact) mass is 448 g/mol. The smallest absolute Gasteiger partial charge is 0.293 e. The number of halogens is 2. The van der Waals surface area contributed by atoms with Gasteiger partial charge in [-0.15, -0.1) is 0 Å². The summed E-state index contributed by atoms with van der Waals surface area (Å²) >= 11 is 13.3. The van der Waals surface area contributed by atoms with Gasteiger partial charge in [0.1, 0.15) is 0 Å². The summed E-state index contributed by atoms with van der Waals surface area (Å²) in [5, 5.41) is 0.528. The van der Waals surface area contributed by atoms with Crippen LogP contribution in [0.15, 0.2) is 47.4 Å². The van der Waals surface area contributed by atoms with Gasteiger partial charge >= 0.3 is 0 Å². The van der Waals surface area contributed by atoms with Crippen LogP contribution in [0.2, 0.25) is 10.0 Å². The number of amides is 2. The summed E-state index contributed by atoms with van der Waals surface area (Å²) in [6, 6.07) is 13.0. The molecule has 0 saturated carbocycles. The van der Waals surface area contributed by atoms with Crippen LogP contribution in [0.3, 0.4) is 0 Å². The normalized spacial score (nSPS) is 18.8. The van der Waals surface area contributed by atoms with E-state index < -0.39 is 0 Å². The van der Waals surface area contributed by atoms with Crippen LogP contribution >= 0.6 is 35.0 Å². The molecule has 150 valence electrons. The molecule has 0 aliphatic carbocycles. The summed E-state index contributed by atoms with van der Waals surface area (Å²) in [6.45, 7) is 3.23. The van der Waals surface area contributed by atoms with E-state index in [1.54, 1.807) is 24.3 Å². The molecule has 0 bridgehead atoms. The lowest BCUT2D eigenvalue weighted by Gasteiger charge is -2.28. The Hall–Kier alpha value is -1.99. The van der Waals surface area contributed by atoms with Gasteiger partial charge < -0.3 is 9.64 Å². The number of hydrogen-bond acceptors (Lipinski definition) is 5. The molecule has 0 N–H and O–H groups in total. The van der Waals surface area contributed by atoms with Crippen LogP contribution in [-0.4, -0.2) is 42.3 Å². The highest BCUT2D eigenvalue weighted by Crippen LogP contribution is 2.35. The van der Waals surface area contributed by atoms with Crippen molar-refractivity contribution in [3.63, 3.8) is 0 Å². The van der Waals surface area contributed by atoms with Gasteiger partial charge in [-0.2, -0.15) is 0 Å². The molecule has 0 atom stereocenters. The summed E-state index contributed by atoms with van der Waals surface area (Å²) in [5.41, 5.74) is 2.55. The fourth-order valence-corrected chi connectivity index (χ4v) is 4.59. The van der Waals surface area contributed by atoms with E-state index in [9.17, 15) is 9.59 Å². The van der Waals surface area contributed by atoms with Crippen molar-refractivity contribution in [2.24, 2.45) is 0 Å². The van der Waals surface area contributed by atoms with Crippen LogP contribution < -0.4 is 4.90 Å². The maximum absolute atomic E-state index is 12.8. The zero-order chi connectivity index (χ0) is 20.4. The Balaban J connectivity index is 1.50. The molecular weight excluding hydrogens is 431 g/mol. The average molecular weight is 449 g/mol. The number of ether oxygens (including phenoxy) is 1. The predicted molar refractivity (Wildman–Crippen MR) is 117 cm³/mol. The first-order valence-corrected chi connectivity index (χ1v) is 10.7. The van der Waals surface area contributed by atoms with Crippen LogP contribution in [0, 0.1) is 0 Å². The SMILES string of the molecule is O=C1S/C(=C\c2ccc(N3CCOCC3)cc2)C(=O)N1Cc1c(Cl)cccc1Cl. The van der Waals surface area contributed by atoms with Gasteiger partial charge in [0.15, 0.2) is 0 Å². The zero-order valence-corrected chi connectivity index (χ0v) is 17.8. The van der Waals surface area contributed by atoms with Crippen molar-refractivity contribution >= 4 is 57.9 Å². The lowest BCUT2D eigenvalue weighted by molar-refractivity contribution is -0.123. The van der Waals surface area contributed by atoms with E-state index in [4.69, 9.17) is 27.9 Å². The van der Waals surface area contributed by atoms with Crippen molar-refractivity contribution in [2.45, 2.75) is 6.54 Å². The second-order valence-corrected chi connectivity index (χ2v) is 8.47. The molecule has 29 heavy (non-hydrogen) atoms. The highest BCUT2D eigenvalue weighted by Gasteiger charge is 2.35. The number of carbonyl (C=O) groups excluding carboxylic acids is 2. The first-order chi connectivity index (χ1) is 14.0. The van der Waals surface area contributed by atoms with Gasteiger partial charge in [0.25, 0.3) is 11.1 Å². The number of carbonyl (C=O) groups is 2. The summed E-state index contributed by atoms with van der Waals surface area (Å²) in [5.74, 6) is -0.340. The summed E-state index contributed by atoms with van der Waals surface area (Å²) in [7, 11) is 0. The average Bonchev–Trinajstić information content (AvgIpc) is 2.99. The molecule has 0 radical (unpaired) electrons. The molecule has 2 aromatic carbocycles. The van der Waals surface area contributed by atoms with Crippen molar-refractivity contribution in [1.29, 1.82) is 0 Å². The van der Waals surface area contributed by atoms with Crippen LogP contribution in [0.4, 0.5) is 10.5 Å². The first-order valence-electron chi connectivity index (χ1n) is 9.14. The summed E-state index contributed by atoms with van der Waals surface area (Å²) in [4.78, 5) is 29.0. The Morgan fingerprint density at radius 2 is 1.66 bits per heavy atom. The van der Waals surface area contributed by atoms with Crippen molar-refractivity contribution in [3.05, 3.63) is 68.5 Å². The van der Waals surface area contributed by atoms with Gasteiger partial charge in [0, 0.05) is 34.4 Å². The fourth-order valence-electron chi connectivity index (χ4n) is 3.23. The van der Waals surface area contributed by atoms with Crippen molar-refractivity contribution in [2.75, 3.05) is 31.2 Å². The molecule has 2 aromatic rings. The Morgan fingerprint density at radius 1 is 1.00 bits per heavy atom. The topological polar surface area (TPSA) is 49.9 Å². The molecule has 2 amide bonds. The lowest BCUT2D eigenvalue weighted by atomic mass is 10.1. The highest BCUT2D eigenvalue weighted by atomic mass is 35.5. The number of benzene rings is 2. The summed E-state index contributed by atoms with van der Waals surface area (Å²) in [6.07, 6.45) is 1.74. The molecule has 0 unspecified atom stereocenters. The van der Waals surface area contributed by atoms with Gasteiger partial charge in [-0.05, 0) is 47.7 Å². The third-order valence-corrected chi connectivity index (χ3v) is 6.43. The molecule has 0 spiro atoms. The molecule has 5 nitrogen and oxygen atoms in total. The van der Waals surface area contributed by atoms with E-state index in [0.717, 1.165) is 49.3 Å². The molecule has 2 heterocycles. The molecule has 2 fully saturated rings. The van der Waals surface area contributed by atoms with E-state index in [0.29, 0.717) is 20.5 Å². The van der Waals surface area contributed by atoms with E-state index >= 15 is 0 Å². The number of hydrogen-bond donors (Lipinski definition) is 0. The standard InChI is InChI=1S/C21H18Cl2N2O3S/c22-17-2-1-3-18(23)16(17)13-25-20(26)19(29-21(25)27)12-14-4-6-15(7-5-14)24-8-10-28-11-9-24/h1-7,12H,8-11,13H2/b19-12-. The Labute approximate surface area is 183 Å². The van der Waals surface area contributed by atoms with Crippen molar-refractivity contribution in [1.82, 2.24) is 4.90 Å². The minimum atomic E-state index is -0.340. The van der Waals surface area contributed by atoms with E-state index in [-0.39, 0.29) is 17.7 Å². The van der Waals surface area contributed by atoms with E-state index in [2.05, 4.69) is 4.90 Å². The van der Waals surface area contributed by atoms with Gasteiger partial charge in [0.2, 0.25) is 0 Å². The Morgan fingerprint density at radius 3 is 2.31 bits per heavy atom. The van der Waals surface area contributed by atoms with Crippen molar-refractivity contribution in [3.8, 4) is 0 Å². The Kier molecular flexibility index (Phi) is 6.15. The molecule has 4 rings (SSSR count). The zero-order valence-electron chi connectivity index (χ0n) is 15.4. The quantitative estimate of drug-likeness (QED) is 0.611. The number of nitrogens with zero attached hydrogens (tertiary/aromatic N) is 2. The predicted octanol–water partition coefficient (Wildman–Crippen LogP) is 5.07. The minimum absolute atomic E-state index is 0.0521. The van der Waals surface area contributed by atoms with Gasteiger partial charge in [-0.1, -0.05) is 41.4 Å². The third-order valence-electron chi connectivity index (χ3n) is 4.82. The van der Waals surface area contributed by atoms with Crippen LogP contribution in [-0.2, 0) is 16.1 Å². The van der Waals surface area contributed by atoms with Crippen LogP contribution in [0.5, 0.6) is 0 Å². The molecule has 8 heteroatoms. The maximum atomic E-state index is 12.8. The largest absolute Gasteiger partial charge is 0.378 e. The van der Waals surface area contributed by atoms with Gasteiger partial charge in [-0.25, -0.2) is 0 Å². The van der Waals surface area contributed by atoms with Crippen LogP contribution in [0.25, 0.3) is 6.08 Å². The number of rotatable bonds is 4. The highest BCUT2D eigenvalue weighted by molar-refractivity contribution is 8.18. The minimum Gasteiger partial charge on any atom is -0.378 e. The van der Waals surface area contributed by atoms with Gasteiger partial charge in [0.05, 0.1) is 24.7 Å². The number of anilines is 1. The number of imide groups is 1. The molecule has 2 saturated heterocycles. The molecular formula is C21H18Cl2N2O3S. The fraction of sp³-hybridized carbons (Fsp3) is 0.238. The van der Waals surface area contributed by atoms with E-state index in [1.807, 2.05) is 24.3 Å². The summed E-state index contributed by atoms with van der Waals surface area (Å²) < 4.78 is 5.38. The third kappa shape index (κ3) is 4.46. The lowest BCUT2D eigenvalue weighted by Crippen LogP contribution is -2.36. The number of thioether (sulfide) groups is 1. The maximum Gasteiger partial charge on any atom is 0.293 e. The van der Waals surface area contributed by atoms with Crippen molar-refractivity contribution < 1.29 is 14.3 Å². The van der Waals surface area contributed by atoms with Gasteiger partial charge in [-0.3, -0.25) is 14.5 Å². The van der Waals surface area contributed by atoms with E-state index in [1.165, 1.54) is 4.90 Å². The second-order valence-electron chi connectivity index (χ2n) is 6.66. The Bertz CT molecular complexity index is 952. The number of morpholine rings is 1. The molecule has 0 aromatic heterocycles.